The zero-order chi connectivity index (χ0) is 19.8. The monoisotopic (exact) mass is 412 g/mol. The lowest BCUT2D eigenvalue weighted by atomic mass is 10.1. The second kappa shape index (κ2) is 7.53. The van der Waals surface area contributed by atoms with Crippen LogP contribution in [0.4, 0.5) is 10.3 Å². The van der Waals surface area contributed by atoms with Crippen molar-refractivity contribution in [3.8, 4) is 11.4 Å². The molecule has 2 aliphatic rings. The Kier molecular flexibility index (Phi) is 4.73. The number of aromatic nitrogens is 5. The molecule has 4 heterocycles. The molecule has 7 nitrogen and oxygen atoms in total. The van der Waals surface area contributed by atoms with E-state index in [1.165, 1.54) is 6.08 Å². The lowest BCUT2D eigenvalue weighted by Gasteiger charge is -2.26. The van der Waals surface area contributed by atoms with Crippen LogP contribution in [0.2, 0.25) is 0 Å². The zero-order valence-corrected chi connectivity index (χ0v) is 16.3. The predicted octanol–water partition coefficient (Wildman–Crippen LogP) is 3.43. The molecule has 1 atom stereocenters. The summed E-state index contributed by atoms with van der Waals surface area (Å²) in [5.41, 5.74) is 2.53. The lowest BCUT2D eigenvalue weighted by Crippen LogP contribution is -2.37. The summed E-state index contributed by atoms with van der Waals surface area (Å²) in [6, 6.07) is 1.80. The second-order valence-electron chi connectivity index (χ2n) is 6.86. The molecular weight excluding hydrogens is 395 g/mol. The van der Waals surface area contributed by atoms with Crippen molar-refractivity contribution < 1.29 is 9.13 Å². The van der Waals surface area contributed by atoms with Gasteiger partial charge in [0.1, 0.15) is 11.7 Å². The Morgan fingerprint density at radius 2 is 1.93 bits per heavy atom. The maximum atomic E-state index is 14.8. The molecule has 0 radical (unpaired) electrons. The normalized spacial score (nSPS) is 19.9. The fourth-order valence-corrected chi connectivity index (χ4v) is 3.76. The lowest BCUT2D eigenvalue weighted by molar-refractivity contribution is 0.122. The Bertz CT molecular complexity index is 1100. The Morgan fingerprint density at radius 1 is 1.14 bits per heavy atom. The van der Waals surface area contributed by atoms with Crippen molar-refractivity contribution in [3.63, 3.8) is 0 Å². The van der Waals surface area contributed by atoms with Crippen LogP contribution in [-0.2, 0) is 4.74 Å². The van der Waals surface area contributed by atoms with E-state index in [1.807, 2.05) is 0 Å². The minimum atomic E-state index is -0.383. The van der Waals surface area contributed by atoms with Gasteiger partial charge in [0.2, 0.25) is 5.95 Å². The number of rotatable bonds is 3. The van der Waals surface area contributed by atoms with Gasteiger partial charge in [0, 0.05) is 31.7 Å². The van der Waals surface area contributed by atoms with Gasteiger partial charge in [0.25, 0.3) is 0 Å². The van der Waals surface area contributed by atoms with Gasteiger partial charge in [-0.3, -0.25) is 9.55 Å². The Balaban J connectivity index is 1.59. The van der Waals surface area contributed by atoms with Gasteiger partial charge in [0.15, 0.2) is 0 Å². The van der Waals surface area contributed by atoms with Gasteiger partial charge in [-0.2, -0.15) is 0 Å². The molecular formula is C20H18ClFN6O. The molecule has 148 valence electrons. The molecule has 1 aliphatic heterocycles. The van der Waals surface area contributed by atoms with Gasteiger partial charge in [-0.1, -0.05) is 6.08 Å². The van der Waals surface area contributed by atoms with Crippen molar-refractivity contribution in [3.05, 3.63) is 48.8 Å². The van der Waals surface area contributed by atoms with Crippen molar-refractivity contribution in [1.29, 1.82) is 0 Å². The fourth-order valence-electron chi connectivity index (χ4n) is 3.56. The summed E-state index contributed by atoms with van der Waals surface area (Å²) >= 11 is 6.07. The van der Waals surface area contributed by atoms with Crippen LogP contribution in [0.15, 0.2) is 48.8 Å². The van der Waals surface area contributed by atoms with Crippen molar-refractivity contribution >= 4 is 34.3 Å². The van der Waals surface area contributed by atoms with E-state index in [4.69, 9.17) is 21.3 Å². The van der Waals surface area contributed by atoms with Crippen LogP contribution in [-0.4, -0.2) is 56.2 Å². The highest BCUT2D eigenvalue weighted by Gasteiger charge is 2.23. The minimum Gasteiger partial charge on any atom is -0.378 e. The molecule has 1 aliphatic carbocycles. The number of nitrogens with zero attached hydrogens (tertiary/aromatic N) is 6. The number of morpholine rings is 1. The summed E-state index contributed by atoms with van der Waals surface area (Å²) in [6.45, 7) is 2.84. The van der Waals surface area contributed by atoms with Crippen LogP contribution < -0.4 is 4.90 Å². The molecule has 9 heteroatoms. The van der Waals surface area contributed by atoms with Crippen LogP contribution in [0.3, 0.4) is 0 Å². The first-order valence-corrected chi connectivity index (χ1v) is 9.84. The van der Waals surface area contributed by atoms with Gasteiger partial charge in [-0.05, 0) is 18.6 Å². The van der Waals surface area contributed by atoms with Gasteiger partial charge < -0.3 is 9.64 Å². The van der Waals surface area contributed by atoms with Crippen LogP contribution in [0.1, 0.15) is 6.42 Å². The summed E-state index contributed by atoms with van der Waals surface area (Å²) < 4.78 is 21.9. The average Bonchev–Trinajstić information content (AvgIpc) is 3.14. The number of imidazole rings is 1. The predicted molar refractivity (Wildman–Crippen MR) is 109 cm³/mol. The quantitative estimate of drug-likeness (QED) is 0.614. The van der Waals surface area contributed by atoms with E-state index in [0.717, 1.165) is 13.1 Å². The number of pyridine rings is 1. The highest BCUT2D eigenvalue weighted by atomic mass is 35.5. The molecule has 0 aromatic carbocycles. The molecule has 3 aromatic rings. The highest BCUT2D eigenvalue weighted by molar-refractivity contribution is 6.22. The third-order valence-corrected chi connectivity index (χ3v) is 5.30. The average molecular weight is 413 g/mol. The van der Waals surface area contributed by atoms with Crippen LogP contribution >= 0.6 is 11.6 Å². The minimum absolute atomic E-state index is 0.355. The van der Waals surface area contributed by atoms with E-state index < -0.39 is 0 Å². The van der Waals surface area contributed by atoms with E-state index >= 15 is 0 Å². The topological polar surface area (TPSA) is 69.0 Å². The number of allylic oxidation sites excluding steroid dienone is 4. The van der Waals surface area contributed by atoms with E-state index in [0.29, 0.717) is 53.7 Å². The molecule has 0 amide bonds. The zero-order valence-electron chi connectivity index (χ0n) is 15.5. The van der Waals surface area contributed by atoms with Gasteiger partial charge >= 0.3 is 0 Å². The van der Waals surface area contributed by atoms with E-state index in [9.17, 15) is 4.39 Å². The molecule has 0 N–H and O–H groups in total. The number of anilines is 1. The van der Waals surface area contributed by atoms with Crippen LogP contribution in [0.5, 0.6) is 0 Å². The first-order chi connectivity index (χ1) is 14.2. The molecule has 29 heavy (non-hydrogen) atoms. The van der Waals surface area contributed by atoms with Crippen molar-refractivity contribution in [2.75, 3.05) is 31.2 Å². The van der Waals surface area contributed by atoms with Crippen LogP contribution in [0, 0.1) is 0 Å². The van der Waals surface area contributed by atoms with Gasteiger partial charge in [0.05, 0.1) is 47.1 Å². The summed E-state index contributed by atoms with van der Waals surface area (Å²) in [6.07, 6.45) is 10.5. The number of ether oxygens (including phenoxy) is 1. The van der Waals surface area contributed by atoms with Crippen molar-refractivity contribution in [2.45, 2.75) is 11.8 Å². The Morgan fingerprint density at radius 3 is 2.69 bits per heavy atom. The first kappa shape index (κ1) is 18.2. The van der Waals surface area contributed by atoms with Crippen molar-refractivity contribution in [1.82, 2.24) is 24.5 Å². The standard InChI is InChI=1S/C20H18ClFN6O/c21-14-1-2-17(15(22)9-14)28-18-12-23-4-3-16(18)26-19(28)13-10-24-20(25-11-13)27-5-7-29-8-6-27/h2-4,9-12,14H,1,5-8H2. The molecule has 0 bridgehead atoms. The highest BCUT2D eigenvalue weighted by Crippen LogP contribution is 2.34. The molecule has 1 unspecified atom stereocenters. The summed E-state index contributed by atoms with van der Waals surface area (Å²) in [7, 11) is 0. The molecule has 0 saturated carbocycles. The molecule has 3 aromatic heterocycles. The maximum Gasteiger partial charge on any atom is 0.225 e. The molecule has 5 rings (SSSR count). The van der Waals surface area contributed by atoms with Gasteiger partial charge in [-0.25, -0.2) is 19.3 Å². The number of hydrogen-bond donors (Lipinski definition) is 0. The fraction of sp³-hybridized carbons (Fsp3) is 0.300. The third kappa shape index (κ3) is 3.38. The van der Waals surface area contributed by atoms with E-state index in [1.54, 1.807) is 41.5 Å². The molecule has 1 fully saturated rings. The third-order valence-electron chi connectivity index (χ3n) is 5.00. The van der Waals surface area contributed by atoms with Gasteiger partial charge in [-0.15, -0.1) is 11.6 Å². The number of hydrogen-bond acceptors (Lipinski definition) is 6. The number of alkyl halides is 1. The molecule has 0 spiro atoms. The number of fused-ring (bicyclic) bond motifs is 1. The van der Waals surface area contributed by atoms with Crippen LogP contribution in [0.25, 0.3) is 28.1 Å². The molecule has 1 saturated heterocycles. The van der Waals surface area contributed by atoms with Crippen molar-refractivity contribution in [2.24, 2.45) is 0 Å². The SMILES string of the molecule is FC1=CC(Cl)CC=C1n1c(-c2cnc(N3CCOCC3)nc2)nc2ccncc21. The van der Waals surface area contributed by atoms with E-state index in [-0.39, 0.29) is 11.2 Å². The summed E-state index contributed by atoms with van der Waals surface area (Å²) in [4.78, 5) is 20.0. The Hall–Kier alpha value is -2.84. The Labute approximate surface area is 171 Å². The number of halogens is 2. The second-order valence-corrected chi connectivity index (χ2v) is 7.42. The first-order valence-electron chi connectivity index (χ1n) is 9.40. The summed E-state index contributed by atoms with van der Waals surface area (Å²) in [5.74, 6) is 0.824. The smallest absolute Gasteiger partial charge is 0.225 e. The largest absolute Gasteiger partial charge is 0.378 e. The summed E-state index contributed by atoms with van der Waals surface area (Å²) in [5, 5.41) is -0.355. The maximum absolute atomic E-state index is 14.8. The van der Waals surface area contributed by atoms with E-state index in [2.05, 4.69) is 19.9 Å².